The second-order valence-electron chi connectivity index (χ2n) is 6.99. The van der Waals surface area contributed by atoms with Gasteiger partial charge in [-0.05, 0) is 36.3 Å². The van der Waals surface area contributed by atoms with Gasteiger partial charge in [0.2, 0.25) is 5.91 Å². The minimum absolute atomic E-state index is 0.100. The Morgan fingerprint density at radius 2 is 1.97 bits per heavy atom. The predicted octanol–water partition coefficient (Wildman–Crippen LogP) is 2.87. The van der Waals surface area contributed by atoms with Crippen LogP contribution in [0, 0.1) is 11.7 Å². The van der Waals surface area contributed by atoms with Gasteiger partial charge in [-0.1, -0.05) is 48.0 Å². The van der Waals surface area contributed by atoms with Gasteiger partial charge in [-0.3, -0.25) is 14.5 Å². The lowest BCUT2D eigenvalue weighted by molar-refractivity contribution is -0.121. The van der Waals surface area contributed by atoms with Crippen LogP contribution in [-0.4, -0.2) is 35.4 Å². The smallest absolute Gasteiger partial charge is 0.240 e. The fourth-order valence-corrected chi connectivity index (χ4v) is 3.33. The van der Waals surface area contributed by atoms with Crippen LogP contribution in [0.5, 0.6) is 0 Å². The minimum atomic E-state index is -0.131. The highest BCUT2D eigenvalue weighted by Crippen LogP contribution is 2.18. The average molecular weight is 420 g/mol. The van der Waals surface area contributed by atoms with E-state index in [1.807, 2.05) is 55.5 Å². The monoisotopic (exact) mass is 419 g/mol. The molecule has 30 heavy (non-hydrogen) atoms. The molecule has 0 aliphatic heterocycles. The number of hydrogen-bond donors (Lipinski definition) is 2. The maximum atomic E-state index is 12.5. The highest BCUT2D eigenvalue weighted by atomic mass is 32.1. The molecule has 0 fully saturated rings. The van der Waals surface area contributed by atoms with E-state index in [9.17, 15) is 4.79 Å². The number of benzene rings is 2. The van der Waals surface area contributed by atoms with E-state index in [1.165, 1.54) is 6.33 Å². The Morgan fingerprint density at radius 1 is 1.17 bits per heavy atom. The van der Waals surface area contributed by atoms with E-state index >= 15 is 0 Å². The zero-order valence-electron chi connectivity index (χ0n) is 16.4. The summed E-state index contributed by atoms with van der Waals surface area (Å²) in [5, 5.41) is 14.1. The number of hydrogen-bond acceptors (Lipinski definition) is 5. The number of aromatic nitrogens is 6. The Labute approximate surface area is 178 Å². The Hall–Kier alpha value is -3.59. The fraction of sp³-hybridized carbons (Fsp3) is 0.190. The molecule has 8 nitrogen and oxygen atoms in total. The Balaban J connectivity index is 1.37. The molecule has 1 amide bonds. The summed E-state index contributed by atoms with van der Waals surface area (Å²) in [4.78, 5) is 16.5. The lowest BCUT2D eigenvalue weighted by Crippen LogP contribution is -2.27. The molecule has 0 saturated heterocycles. The summed E-state index contributed by atoms with van der Waals surface area (Å²) in [7, 11) is 0. The van der Waals surface area contributed by atoms with Crippen molar-refractivity contribution in [3.05, 3.63) is 82.6 Å². The molecule has 0 spiro atoms. The zero-order chi connectivity index (χ0) is 20.9. The maximum Gasteiger partial charge on any atom is 0.240 e. The molecule has 2 aromatic heterocycles. The average Bonchev–Trinajstić information content (AvgIpc) is 3.38. The van der Waals surface area contributed by atoms with Gasteiger partial charge in [-0.2, -0.15) is 10.2 Å². The number of rotatable bonds is 7. The van der Waals surface area contributed by atoms with Crippen LogP contribution >= 0.6 is 12.2 Å². The summed E-state index contributed by atoms with van der Waals surface area (Å²) in [6, 6.07) is 16.0. The van der Waals surface area contributed by atoms with Gasteiger partial charge in [0.1, 0.15) is 19.2 Å². The lowest BCUT2D eigenvalue weighted by atomic mass is 10.1. The molecule has 0 atom stereocenters. The molecule has 0 aliphatic carbocycles. The highest BCUT2D eigenvalue weighted by Gasteiger charge is 2.12. The summed E-state index contributed by atoms with van der Waals surface area (Å²) in [5.41, 5.74) is 4.16. The van der Waals surface area contributed by atoms with Gasteiger partial charge in [-0.25, -0.2) is 9.67 Å². The molecular formula is C21H21N7OS. The van der Waals surface area contributed by atoms with Crippen molar-refractivity contribution in [2.24, 2.45) is 0 Å². The largest absolute Gasteiger partial charge is 0.350 e. The Bertz CT molecular complexity index is 1190. The Morgan fingerprint density at radius 3 is 2.70 bits per heavy atom. The molecule has 2 aromatic carbocycles. The van der Waals surface area contributed by atoms with Crippen LogP contribution in [0.2, 0.25) is 0 Å². The summed E-state index contributed by atoms with van der Waals surface area (Å²) < 4.78 is 3.89. The molecule has 2 heterocycles. The molecule has 0 radical (unpaired) electrons. The van der Waals surface area contributed by atoms with E-state index in [-0.39, 0.29) is 12.5 Å². The minimum Gasteiger partial charge on any atom is -0.350 e. The molecular weight excluding hydrogens is 398 g/mol. The first-order chi connectivity index (χ1) is 14.6. The Kier molecular flexibility index (Phi) is 5.80. The highest BCUT2D eigenvalue weighted by molar-refractivity contribution is 7.71. The van der Waals surface area contributed by atoms with Crippen LogP contribution in [0.3, 0.4) is 0 Å². The molecule has 4 aromatic rings. The normalized spacial score (nSPS) is 10.8. The predicted molar refractivity (Wildman–Crippen MR) is 115 cm³/mol. The van der Waals surface area contributed by atoms with Gasteiger partial charge in [0.25, 0.3) is 0 Å². The first kappa shape index (κ1) is 19.7. The first-order valence-electron chi connectivity index (χ1n) is 9.47. The maximum absolute atomic E-state index is 12.5. The summed E-state index contributed by atoms with van der Waals surface area (Å²) in [5.74, 6) is 0.518. The van der Waals surface area contributed by atoms with Gasteiger partial charge >= 0.3 is 0 Å². The van der Waals surface area contributed by atoms with Gasteiger partial charge in [-0.15, -0.1) is 0 Å². The summed E-state index contributed by atoms with van der Waals surface area (Å²) in [6.45, 7) is 3.21. The molecule has 0 saturated carbocycles. The third kappa shape index (κ3) is 4.69. The summed E-state index contributed by atoms with van der Waals surface area (Å²) in [6.07, 6.45) is 3.20. The van der Waals surface area contributed by atoms with Gasteiger partial charge < -0.3 is 5.32 Å². The van der Waals surface area contributed by atoms with E-state index in [1.54, 1.807) is 15.6 Å². The molecule has 0 unspecified atom stereocenters. The van der Waals surface area contributed by atoms with Gasteiger partial charge in [0.05, 0.1) is 6.54 Å². The van der Waals surface area contributed by atoms with E-state index in [0.29, 0.717) is 23.7 Å². The van der Waals surface area contributed by atoms with Crippen LogP contribution in [-0.2, 0) is 24.4 Å². The number of nitrogens with zero attached hydrogens (tertiary/aromatic N) is 5. The molecule has 4 rings (SSSR count). The third-order valence-electron chi connectivity index (χ3n) is 4.66. The standard InChI is InChI=1S/C21H21N7OS/c1-15-3-2-4-18(9-15)20-25-26-21(30)28(20)12-19(29)23-10-16-5-7-17(8-6-16)11-27-14-22-13-24-27/h2-9,13-14H,10-12H2,1H3,(H,23,29)(H,26,30). The number of aromatic amines is 1. The number of carbonyl (C=O) groups excluding carboxylic acids is 1. The zero-order valence-corrected chi connectivity index (χ0v) is 17.3. The van der Waals surface area contributed by atoms with Crippen LogP contribution in [0.15, 0.2) is 61.2 Å². The molecule has 0 bridgehead atoms. The van der Waals surface area contributed by atoms with Crippen molar-refractivity contribution in [2.45, 2.75) is 26.6 Å². The van der Waals surface area contributed by atoms with Crippen molar-refractivity contribution in [3.8, 4) is 11.4 Å². The summed E-state index contributed by atoms with van der Waals surface area (Å²) >= 11 is 5.32. The van der Waals surface area contributed by atoms with Crippen molar-refractivity contribution in [1.29, 1.82) is 0 Å². The third-order valence-corrected chi connectivity index (χ3v) is 4.97. The fourth-order valence-electron chi connectivity index (χ4n) is 3.13. The van der Waals surface area contributed by atoms with Crippen molar-refractivity contribution in [2.75, 3.05) is 0 Å². The van der Waals surface area contributed by atoms with Crippen molar-refractivity contribution in [3.63, 3.8) is 0 Å². The number of amides is 1. The molecule has 0 aliphatic rings. The van der Waals surface area contributed by atoms with E-state index in [4.69, 9.17) is 12.2 Å². The van der Waals surface area contributed by atoms with Crippen molar-refractivity contribution < 1.29 is 4.79 Å². The molecule has 9 heteroatoms. The topological polar surface area (TPSA) is 93.4 Å². The van der Waals surface area contributed by atoms with Gasteiger partial charge in [0.15, 0.2) is 10.6 Å². The SMILES string of the molecule is Cc1cccc(-c2n[nH]c(=S)n2CC(=O)NCc2ccc(Cn3cncn3)cc2)c1. The van der Waals surface area contributed by atoms with Crippen molar-refractivity contribution in [1.82, 2.24) is 34.8 Å². The molecule has 152 valence electrons. The lowest BCUT2D eigenvalue weighted by Gasteiger charge is -2.09. The second kappa shape index (κ2) is 8.83. The van der Waals surface area contributed by atoms with Gasteiger partial charge in [0, 0.05) is 12.1 Å². The first-order valence-corrected chi connectivity index (χ1v) is 9.88. The second-order valence-corrected chi connectivity index (χ2v) is 7.38. The van der Waals surface area contributed by atoms with Crippen molar-refractivity contribution >= 4 is 18.1 Å². The number of carbonyl (C=O) groups is 1. The van der Waals surface area contributed by atoms with E-state index in [2.05, 4.69) is 25.6 Å². The quantitative estimate of drug-likeness (QED) is 0.449. The number of aryl methyl sites for hydroxylation is 1. The number of H-pyrrole nitrogens is 1. The van der Waals surface area contributed by atoms with Crippen LogP contribution in [0.25, 0.3) is 11.4 Å². The van der Waals surface area contributed by atoms with Crippen LogP contribution < -0.4 is 5.32 Å². The molecule has 2 N–H and O–H groups in total. The number of nitrogens with one attached hydrogen (secondary N) is 2. The van der Waals surface area contributed by atoms with Crippen LogP contribution in [0.4, 0.5) is 0 Å². The van der Waals surface area contributed by atoms with E-state index in [0.717, 1.165) is 22.3 Å². The van der Waals surface area contributed by atoms with E-state index < -0.39 is 0 Å². The van der Waals surface area contributed by atoms with Crippen LogP contribution in [0.1, 0.15) is 16.7 Å².